The van der Waals surface area contributed by atoms with E-state index in [1.165, 1.54) is 36.1 Å². The first kappa shape index (κ1) is 29.9. The number of aromatic nitrogens is 1. The van der Waals surface area contributed by atoms with Crippen molar-refractivity contribution in [3.63, 3.8) is 0 Å². The van der Waals surface area contributed by atoms with E-state index in [1.807, 2.05) is 66.4 Å². The Hall–Kier alpha value is -4.06. The number of anilines is 1. The molecule has 1 amide bonds. The SMILES string of the molecule is COC(=O)C(Cc1ccccc1)C(=O)NC(Cc1ccc(NS(=O)(=O)O)cc1)c1nc(-c2ccc(C)c(C)c2)cs1. The summed E-state index contributed by atoms with van der Waals surface area (Å²) in [6, 6.07) is 21.2. The van der Waals surface area contributed by atoms with E-state index < -0.39 is 34.1 Å². The van der Waals surface area contributed by atoms with Gasteiger partial charge in [0.05, 0.1) is 24.5 Å². The second-order valence-corrected chi connectivity index (χ2v) is 11.7. The van der Waals surface area contributed by atoms with Gasteiger partial charge in [-0.15, -0.1) is 11.3 Å². The molecule has 4 aromatic rings. The van der Waals surface area contributed by atoms with Crippen LogP contribution in [0.15, 0.2) is 78.2 Å². The number of thiazole rings is 1. The number of ether oxygens (including phenoxy) is 1. The van der Waals surface area contributed by atoms with Crippen LogP contribution in [0, 0.1) is 19.8 Å². The van der Waals surface area contributed by atoms with Gasteiger partial charge in [-0.25, -0.2) is 4.98 Å². The topological polar surface area (TPSA) is 135 Å². The fourth-order valence-electron chi connectivity index (χ4n) is 4.32. The first-order chi connectivity index (χ1) is 19.5. The number of amides is 1. The number of hydrogen-bond acceptors (Lipinski definition) is 7. The third-order valence-electron chi connectivity index (χ3n) is 6.66. The molecular formula is C30H31N3O6S2. The molecule has 41 heavy (non-hydrogen) atoms. The maximum Gasteiger partial charge on any atom is 0.357 e. The highest BCUT2D eigenvalue weighted by atomic mass is 32.2. The third kappa shape index (κ3) is 8.23. The van der Waals surface area contributed by atoms with Gasteiger partial charge in [-0.1, -0.05) is 54.6 Å². The summed E-state index contributed by atoms with van der Waals surface area (Å²) in [6.07, 6.45) is 0.491. The van der Waals surface area contributed by atoms with Crippen molar-refractivity contribution < 1.29 is 27.3 Å². The molecule has 0 saturated carbocycles. The second-order valence-electron chi connectivity index (χ2n) is 9.67. The van der Waals surface area contributed by atoms with Crippen molar-refractivity contribution in [3.8, 4) is 11.3 Å². The van der Waals surface area contributed by atoms with Crippen LogP contribution in [0.3, 0.4) is 0 Å². The molecule has 0 bridgehead atoms. The van der Waals surface area contributed by atoms with Crippen molar-refractivity contribution in [1.29, 1.82) is 0 Å². The third-order valence-corrected chi connectivity index (χ3v) is 8.12. The molecule has 0 spiro atoms. The van der Waals surface area contributed by atoms with Crippen LogP contribution in [0.1, 0.15) is 33.3 Å². The van der Waals surface area contributed by atoms with E-state index in [2.05, 4.69) is 11.4 Å². The summed E-state index contributed by atoms with van der Waals surface area (Å²) in [4.78, 5) is 31.1. The summed E-state index contributed by atoms with van der Waals surface area (Å²) in [7, 11) is -3.15. The summed E-state index contributed by atoms with van der Waals surface area (Å²) < 4.78 is 38.3. The van der Waals surface area contributed by atoms with E-state index in [1.54, 1.807) is 12.1 Å². The fraction of sp³-hybridized carbons (Fsp3) is 0.233. The van der Waals surface area contributed by atoms with Crippen molar-refractivity contribution >= 4 is 39.2 Å². The molecule has 0 radical (unpaired) electrons. The molecule has 2 atom stereocenters. The molecule has 0 fully saturated rings. The standard InChI is InChI=1S/C30H31N3O6S2/c1-19-9-12-23(15-20(19)2)27-18-40-29(32-27)26(17-22-10-13-24(14-11-22)33-41(36,37)38)31-28(34)25(30(35)39-3)16-21-7-5-4-6-8-21/h4-15,18,25-26,33H,16-17H2,1-3H3,(H,31,34)(H,36,37,38). The van der Waals surface area contributed by atoms with Gasteiger partial charge < -0.3 is 10.1 Å². The van der Waals surface area contributed by atoms with E-state index in [4.69, 9.17) is 14.3 Å². The molecule has 0 aliphatic carbocycles. The summed E-state index contributed by atoms with van der Waals surface area (Å²) in [5.41, 5.74) is 5.83. The Morgan fingerprint density at radius 2 is 1.63 bits per heavy atom. The number of carbonyl (C=O) groups excluding carboxylic acids is 2. The Morgan fingerprint density at radius 1 is 0.951 bits per heavy atom. The van der Waals surface area contributed by atoms with Crippen LogP contribution in [0.4, 0.5) is 5.69 Å². The number of rotatable bonds is 11. The summed E-state index contributed by atoms with van der Waals surface area (Å²) in [5.74, 6) is -2.19. The summed E-state index contributed by atoms with van der Waals surface area (Å²) in [6.45, 7) is 4.08. The molecule has 9 nitrogen and oxygen atoms in total. The first-order valence-corrected chi connectivity index (χ1v) is 15.1. The lowest BCUT2D eigenvalue weighted by atomic mass is 9.97. The van der Waals surface area contributed by atoms with Gasteiger partial charge in [0.15, 0.2) is 0 Å². The number of carbonyl (C=O) groups is 2. The Balaban J connectivity index is 1.63. The highest BCUT2D eigenvalue weighted by molar-refractivity contribution is 7.87. The van der Waals surface area contributed by atoms with Crippen LogP contribution in [0.25, 0.3) is 11.3 Å². The Kier molecular flexibility index (Phi) is 9.53. The van der Waals surface area contributed by atoms with Crippen molar-refractivity contribution in [3.05, 3.63) is 105 Å². The predicted octanol–water partition coefficient (Wildman–Crippen LogP) is 5.07. The number of hydrogen-bond donors (Lipinski definition) is 3. The highest BCUT2D eigenvalue weighted by Gasteiger charge is 2.31. The first-order valence-electron chi connectivity index (χ1n) is 12.8. The van der Waals surface area contributed by atoms with Gasteiger partial charge in [-0.3, -0.25) is 18.9 Å². The second kappa shape index (κ2) is 13.1. The van der Waals surface area contributed by atoms with Gasteiger partial charge in [0.25, 0.3) is 0 Å². The highest BCUT2D eigenvalue weighted by Crippen LogP contribution is 2.29. The van der Waals surface area contributed by atoms with Crippen molar-refractivity contribution in [2.45, 2.75) is 32.7 Å². The summed E-state index contributed by atoms with van der Waals surface area (Å²) >= 11 is 1.40. The number of nitrogens with one attached hydrogen (secondary N) is 2. The van der Waals surface area contributed by atoms with Crippen LogP contribution >= 0.6 is 11.3 Å². The lowest BCUT2D eigenvalue weighted by molar-refractivity contribution is -0.150. The number of aryl methyl sites for hydroxylation is 2. The lowest BCUT2D eigenvalue weighted by Crippen LogP contribution is -2.40. The zero-order valence-corrected chi connectivity index (χ0v) is 24.5. The number of nitrogens with zero attached hydrogens (tertiary/aromatic N) is 1. The maximum atomic E-state index is 13.6. The van der Waals surface area contributed by atoms with Gasteiger partial charge in [0.1, 0.15) is 10.9 Å². The summed E-state index contributed by atoms with van der Waals surface area (Å²) in [5, 5.41) is 5.59. The van der Waals surface area contributed by atoms with Gasteiger partial charge in [0, 0.05) is 10.9 Å². The van der Waals surface area contributed by atoms with E-state index in [0.29, 0.717) is 11.4 Å². The Morgan fingerprint density at radius 3 is 2.27 bits per heavy atom. The van der Waals surface area contributed by atoms with Gasteiger partial charge in [0.2, 0.25) is 5.91 Å². The molecule has 11 heteroatoms. The fourth-order valence-corrected chi connectivity index (χ4v) is 5.63. The van der Waals surface area contributed by atoms with Crippen LogP contribution < -0.4 is 10.0 Å². The average Bonchev–Trinajstić information content (AvgIpc) is 3.43. The predicted molar refractivity (Wildman–Crippen MR) is 159 cm³/mol. The molecule has 0 aliphatic heterocycles. The van der Waals surface area contributed by atoms with Crippen LogP contribution in [0.2, 0.25) is 0 Å². The smallest absolute Gasteiger partial charge is 0.357 e. The van der Waals surface area contributed by atoms with E-state index >= 15 is 0 Å². The maximum absolute atomic E-state index is 13.6. The zero-order valence-electron chi connectivity index (χ0n) is 22.8. The zero-order chi connectivity index (χ0) is 29.6. The van der Waals surface area contributed by atoms with E-state index in [-0.39, 0.29) is 12.1 Å². The van der Waals surface area contributed by atoms with Gasteiger partial charge in [-0.2, -0.15) is 8.42 Å². The van der Waals surface area contributed by atoms with Crippen molar-refractivity contribution in [1.82, 2.24) is 10.3 Å². The van der Waals surface area contributed by atoms with Crippen molar-refractivity contribution in [2.75, 3.05) is 11.8 Å². The molecule has 3 N–H and O–H groups in total. The molecule has 0 saturated heterocycles. The molecule has 1 heterocycles. The molecule has 1 aromatic heterocycles. The van der Waals surface area contributed by atoms with E-state index in [0.717, 1.165) is 27.9 Å². The molecule has 214 valence electrons. The van der Waals surface area contributed by atoms with Crippen LogP contribution in [-0.2, 0) is 37.5 Å². The number of benzene rings is 3. The number of methoxy groups -OCH3 is 1. The minimum absolute atomic E-state index is 0.174. The minimum atomic E-state index is -4.41. The minimum Gasteiger partial charge on any atom is -0.468 e. The van der Waals surface area contributed by atoms with Gasteiger partial charge >= 0.3 is 16.3 Å². The normalized spacial score (nSPS) is 12.8. The van der Waals surface area contributed by atoms with E-state index in [9.17, 15) is 18.0 Å². The molecule has 2 unspecified atom stereocenters. The van der Waals surface area contributed by atoms with Crippen LogP contribution in [0.5, 0.6) is 0 Å². The monoisotopic (exact) mass is 593 g/mol. The lowest BCUT2D eigenvalue weighted by Gasteiger charge is -2.21. The van der Waals surface area contributed by atoms with Gasteiger partial charge in [-0.05, 0) is 67.1 Å². The van der Waals surface area contributed by atoms with Crippen molar-refractivity contribution in [2.24, 2.45) is 5.92 Å². The Bertz CT molecular complexity index is 1620. The molecular weight excluding hydrogens is 562 g/mol. The molecule has 4 rings (SSSR count). The largest absolute Gasteiger partial charge is 0.468 e. The number of esters is 1. The molecule has 0 aliphatic rings. The molecule has 3 aromatic carbocycles. The average molecular weight is 594 g/mol. The van der Waals surface area contributed by atoms with Crippen LogP contribution in [-0.4, -0.2) is 36.9 Å². The Labute approximate surface area is 243 Å². The quantitative estimate of drug-likeness (QED) is 0.126.